The lowest BCUT2D eigenvalue weighted by Gasteiger charge is -2.37. The van der Waals surface area contributed by atoms with Crippen LogP contribution in [-0.4, -0.2) is 24.4 Å². The van der Waals surface area contributed by atoms with Crippen LogP contribution in [-0.2, 0) is 9.47 Å². The average Bonchev–Trinajstić information content (AvgIpc) is 3.10. The van der Waals surface area contributed by atoms with Crippen LogP contribution in [0.5, 0.6) is 0 Å². The molecule has 0 aromatic carbocycles. The Morgan fingerprint density at radius 2 is 1.44 bits per heavy atom. The number of epoxide rings is 2. The van der Waals surface area contributed by atoms with Gasteiger partial charge in [0.2, 0.25) is 0 Å². The summed E-state index contributed by atoms with van der Waals surface area (Å²) >= 11 is 0. The Morgan fingerprint density at radius 1 is 0.625 bits per heavy atom. The summed E-state index contributed by atoms with van der Waals surface area (Å²) in [6.45, 7) is 0. The van der Waals surface area contributed by atoms with Gasteiger partial charge >= 0.3 is 0 Å². The van der Waals surface area contributed by atoms with Crippen molar-refractivity contribution in [1.82, 2.24) is 0 Å². The van der Waals surface area contributed by atoms with Crippen LogP contribution in [0.1, 0.15) is 25.7 Å². The number of ether oxygens (including phenoxy) is 2. The van der Waals surface area contributed by atoms with Crippen LogP contribution in [0.2, 0.25) is 0 Å². The van der Waals surface area contributed by atoms with Crippen LogP contribution in [0.3, 0.4) is 0 Å². The molecule has 0 amide bonds. The van der Waals surface area contributed by atoms with Crippen molar-refractivity contribution in [3.8, 4) is 0 Å². The van der Waals surface area contributed by atoms with Crippen LogP contribution in [0.25, 0.3) is 0 Å². The van der Waals surface area contributed by atoms with Crippen molar-refractivity contribution >= 4 is 0 Å². The normalized spacial score (nSPS) is 76.5. The van der Waals surface area contributed by atoms with Crippen molar-refractivity contribution in [1.29, 1.82) is 0 Å². The maximum Gasteiger partial charge on any atom is 0.0875 e. The third-order valence-corrected chi connectivity index (χ3v) is 6.89. The lowest BCUT2D eigenvalue weighted by molar-refractivity contribution is 0.105. The zero-order valence-corrected chi connectivity index (χ0v) is 9.42. The van der Waals surface area contributed by atoms with Crippen molar-refractivity contribution in [2.75, 3.05) is 0 Å². The lowest BCUT2D eigenvalue weighted by atomic mass is 9.66. The van der Waals surface area contributed by atoms with Gasteiger partial charge in [-0.3, -0.25) is 0 Å². The fourth-order valence-electron chi connectivity index (χ4n) is 6.47. The van der Waals surface area contributed by atoms with Gasteiger partial charge < -0.3 is 9.47 Å². The Labute approximate surface area is 95.7 Å². The molecule has 10 unspecified atom stereocenters. The molecule has 7 aliphatic rings. The maximum atomic E-state index is 5.92. The fourth-order valence-corrected chi connectivity index (χ4v) is 6.47. The molecule has 7 rings (SSSR count). The van der Waals surface area contributed by atoms with E-state index in [1.807, 2.05) is 0 Å². The average molecular weight is 218 g/mol. The van der Waals surface area contributed by atoms with Gasteiger partial charge in [-0.1, -0.05) is 0 Å². The van der Waals surface area contributed by atoms with E-state index in [0.29, 0.717) is 24.4 Å². The summed E-state index contributed by atoms with van der Waals surface area (Å²) in [7, 11) is 0. The molecule has 7 fully saturated rings. The minimum atomic E-state index is 0.660. The summed E-state index contributed by atoms with van der Waals surface area (Å²) in [5.74, 6) is 6.13. The monoisotopic (exact) mass is 218 g/mol. The van der Waals surface area contributed by atoms with Crippen molar-refractivity contribution in [3.05, 3.63) is 0 Å². The third kappa shape index (κ3) is 0.743. The molecule has 10 atom stereocenters. The minimum absolute atomic E-state index is 0.660. The van der Waals surface area contributed by atoms with Gasteiger partial charge in [0.15, 0.2) is 0 Å². The molecule has 0 spiro atoms. The molecule has 2 heteroatoms. The van der Waals surface area contributed by atoms with E-state index < -0.39 is 0 Å². The number of rotatable bonds is 0. The highest BCUT2D eigenvalue weighted by Gasteiger charge is 2.71. The van der Waals surface area contributed by atoms with E-state index in [1.54, 1.807) is 6.42 Å². The quantitative estimate of drug-likeness (QED) is 0.580. The molecule has 6 bridgehead atoms. The van der Waals surface area contributed by atoms with E-state index in [9.17, 15) is 0 Å². The highest BCUT2D eigenvalue weighted by atomic mass is 16.6. The van der Waals surface area contributed by atoms with Gasteiger partial charge in [0.05, 0.1) is 24.4 Å². The third-order valence-electron chi connectivity index (χ3n) is 6.89. The Bertz CT molecular complexity index is 381. The molecule has 0 aromatic heterocycles. The molecule has 2 nitrogen and oxygen atoms in total. The van der Waals surface area contributed by atoms with Gasteiger partial charge in [-0.05, 0) is 61.2 Å². The molecule has 16 heavy (non-hydrogen) atoms. The fraction of sp³-hybridized carbons (Fsp3) is 1.00. The number of hydrogen-bond acceptors (Lipinski definition) is 2. The Balaban J connectivity index is 1.51. The first-order chi connectivity index (χ1) is 7.90. The second-order valence-corrected chi connectivity index (χ2v) is 7.20. The number of fused-ring (bicyclic) bond motifs is 1. The molecule has 0 aromatic rings. The van der Waals surface area contributed by atoms with E-state index in [1.165, 1.54) is 19.3 Å². The summed E-state index contributed by atoms with van der Waals surface area (Å²) in [5, 5.41) is 0. The summed E-state index contributed by atoms with van der Waals surface area (Å²) in [5.41, 5.74) is 0. The molecule has 86 valence electrons. The molecular formula is C14H18O2. The summed E-state index contributed by atoms with van der Waals surface area (Å²) < 4.78 is 11.8. The Morgan fingerprint density at radius 3 is 2.44 bits per heavy atom. The van der Waals surface area contributed by atoms with E-state index >= 15 is 0 Å². The van der Waals surface area contributed by atoms with Gasteiger partial charge in [-0.15, -0.1) is 0 Å². The Kier molecular flexibility index (Phi) is 1.13. The predicted molar refractivity (Wildman–Crippen MR) is 56.7 cm³/mol. The van der Waals surface area contributed by atoms with Crippen molar-refractivity contribution in [2.24, 2.45) is 35.5 Å². The molecule has 0 radical (unpaired) electrons. The smallest absolute Gasteiger partial charge is 0.0875 e. The summed E-state index contributed by atoms with van der Waals surface area (Å²) in [6.07, 6.45) is 8.44. The minimum Gasteiger partial charge on any atom is -0.370 e. The van der Waals surface area contributed by atoms with E-state index in [0.717, 1.165) is 35.5 Å². The first-order valence-electron chi connectivity index (χ1n) is 7.21. The number of hydrogen-bond donors (Lipinski definition) is 0. The van der Waals surface area contributed by atoms with Crippen molar-refractivity contribution in [3.63, 3.8) is 0 Å². The van der Waals surface area contributed by atoms with Crippen LogP contribution >= 0.6 is 0 Å². The predicted octanol–water partition coefficient (Wildman–Crippen LogP) is 1.83. The molecule has 0 N–H and O–H groups in total. The molecule has 2 aliphatic heterocycles. The van der Waals surface area contributed by atoms with Crippen LogP contribution < -0.4 is 0 Å². The topological polar surface area (TPSA) is 25.1 Å². The highest BCUT2D eigenvalue weighted by molar-refractivity contribution is 5.19. The molecule has 2 saturated heterocycles. The van der Waals surface area contributed by atoms with Crippen molar-refractivity contribution < 1.29 is 9.47 Å². The van der Waals surface area contributed by atoms with Crippen LogP contribution in [0, 0.1) is 35.5 Å². The first-order valence-corrected chi connectivity index (χ1v) is 7.21. The molecular weight excluding hydrogens is 200 g/mol. The zero-order valence-electron chi connectivity index (χ0n) is 9.42. The second-order valence-electron chi connectivity index (χ2n) is 7.20. The summed E-state index contributed by atoms with van der Waals surface area (Å²) in [6, 6.07) is 0. The second kappa shape index (κ2) is 2.24. The SMILES string of the molecule is C1C2CC3C4CC5OC5C(C3CC3OC13)C24. The van der Waals surface area contributed by atoms with Crippen LogP contribution in [0.15, 0.2) is 0 Å². The van der Waals surface area contributed by atoms with E-state index in [4.69, 9.17) is 9.47 Å². The molecule has 5 aliphatic carbocycles. The summed E-state index contributed by atoms with van der Waals surface area (Å²) in [4.78, 5) is 0. The first kappa shape index (κ1) is 8.10. The van der Waals surface area contributed by atoms with E-state index in [-0.39, 0.29) is 0 Å². The highest BCUT2D eigenvalue weighted by Crippen LogP contribution is 2.71. The van der Waals surface area contributed by atoms with E-state index in [2.05, 4.69) is 0 Å². The van der Waals surface area contributed by atoms with Gasteiger partial charge in [0.1, 0.15) is 0 Å². The standard InChI is InChI=1S/C14H18O2/c1-5-2-9-10(15-9)3-8-6(1)7-4-11-14(16-11)13(8)12(5)7/h5-14H,1-4H2. The Hall–Kier alpha value is -0.0800. The van der Waals surface area contributed by atoms with Gasteiger partial charge in [0, 0.05) is 0 Å². The van der Waals surface area contributed by atoms with Gasteiger partial charge in [-0.25, -0.2) is 0 Å². The van der Waals surface area contributed by atoms with Crippen LogP contribution in [0.4, 0.5) is 0 Å². The van der Waals surface area contributed by atoms with Gasteiger partial charge in [-0.2, -0.15) is 0 Å². The lowest BCUT2D eigenvalue weighted by Crippen LogP contribution is -2.37. The molecule has 5 saturated carbocycles. The van der Waals surface area contributed by atoms with Gasteiger partial charge in [0.25, 0.3) is 0 Å². The maximum absolute atomic E-state index is 5.92. The molecule has 2 heterocycles. The zero-order chi connectivity index (χ0) is 10.0. The van der Waals surface area contributed by atoms with Crippen molar-refractivity contribution in [2.45, 2.75) is 50.1 Å². The largest absolute Gasteiger partial charge is 0.370 e.